The van der Waals surface area contributed by atoms with Crippen LogP contribution in [0.25, 0.3) is 27.8 Å². The number of pyridine rings is 1. The monoisotopic (exact) mass is 523 g/mol. The number of fused-ring (bicyclic) bond motifs is 4. The molecule has 10 nitrogen and oxygen atoms in total. The summed E-state index contributed by atoms with van der Waals surface area (Å²) in [7, 11) is 0. The lowest BCUT2D eigenvalue weighted by Crippen LogP contribution is -2.67. The van der Waals surface area contributed by atoms with E-state index in [1.54, 1.807) is 10.7 Å². The number of aromatic nitrogens is 4. The number of carbonyl (C=O) groups is 1. The minimum atomic E-state index is -2.38. The summed E-state index contributed by atoms with van der Waals surface area (Å²) in [6.07, 6.45) is 7.68. The molecule has 6 heterocycles. The first kappa shape index (κ1) is 20.4. The number of carbonyl (C=O) groups excluding carboxylic acids is 1. The molecule has 1 amide bonds. The first-order chi connectivity index (χ1) is 20.2. The number of amides is 1. The van der Waals surface area contributed by atoms with Crippen LogP contribution in [0, 0.1) is 11.3 Å². The number of ether oxygens (including phenoxy) is 1. The minimum Gasteiger partial charge on any atom is -0.489 e. The molecule has 1 aromatic carbocycles. The fourth-order valence-electron chi connectivity index (χ4n) is 5.94. The van der Waals surface area contributed by atoms with E-state index in [0.717, 1.165) is 65.5 Å². The number of rotatable bonds is 4. The predicted molar refractivity (Wildman–Crippen MR) is 146 cm³/mol. The molecule has 1 atom stereocenters. The fraction of sp³-hybridized carbons (Fsp3) is 0.310. The number of anilines is 1. The van der Waals surface area contributed by atoms with Crippen LogP contribution in [-0.2, 0) is 11.8 Å². The smallest absolute Gasteiger partial charge is 0.246 e. The predicted octanol–water partition coefficient (Wildman–Crippen LogP) is 2.55. The molecule has 196 valence electrons. The van der Waals surface area contributed by atoms with Gasteiger partial charge < -0.3 is 14.5 Å². The molecular formula is C29H28N8O2. The van der Waals surface area contributed by atoms with Gasteiger partial charge in [-0.05, 0) is 29.8 Å². The summed E-state index contributed by atoms with van der Waals surface area (Å²) >= 11 is 0. The Hall–Kier alpha value is -4.62. The standard InChI is InChI=1S/C29H28N8O2/c1-3-28(38)35-15-23(16-35)34-6-7-36-24(17-34)18-39-27-9-19(4-5-26(27)36)25-8-20(22-12-31-33(2)13-22)14-37-29(25)21(10-30)11-32-37/h3-5,8-9,11-14,23-24H,1,6-7,15-18H2,2H3/t24-/m0/s1/i2D3. The van der Waals surface area contributed by atoms with Gasteiger partial charge in [-0.1, -0.05) is 12.6 Å². The van der Waals surface area contributed by atoms with Crippen molar-refractivity contribution in [1.82, 2.24) is 29.2 Å². The second kappa shape index (κ2) is 8.99. The molecule has 2 fully saturated rings. The van der Waals surface area contributed by atoms with Crippen LogP contribution in [0.5, 0.6) is 5.75 Å². The van der Waals surface area contributed by atoms with E-state index in [1.807, 2.05) is 23.1 Å². The largest absolute Gasteiger partial charge is 0.489 e. The van der Waals surface area contributed by atoms with E-state index < -0.39 is 6.98 Å². The van der Waals surface area contributed by atoms with E-state index >= 15 is 0 Å². The van der Waals surface area contributed by atoms with Gasteiger partial charge in [0.25, 0.3) is 0 Å². The highest BCUT2D eigenvalue weighted by Crippen LogP contribution is 2.41. The van der Waals surface area contributed by atoms with Crippen molar-refractivity contribution in [3.05, 3.63) is 67.3 Å². The summed E-state index contributed by atoms with van der Waals surface area (Å²) in [5.41, 5.74) is 5.13. The van der Waals surface area contributed by atoms with E-state index in [2.05, 4.69) is 38.7 Å². The van der Waals surface area contributed by atoms with Crippen LogP contribution >= 0.6 is 0 Å². The van der Waals surface area contributed by atoms with Gasteiger partial charge in [-0.15, -0.1) is 0 Å². The average Bonchev–Trinajstić information content (AvgIpc) is 3.63. The first-order valence-corrected chi connectivity index (χ1v) is 12.9. The highest BCUT2D eigenvalue weighted by atomic mass is 16.5. The van der Waals surface area contributed by atoms with Crippen molar-refractivity contribution >= 4 is 17.1 Å². The van der Waals surface area contributed by atoms with Gasteiger partial charge in [0.1, 0.15) is 18.4 Å². The van der Waals surface area contributed by atoms with Crippen LogP contribution in [0.2, 0.25) is 0 Å². The number of likely N-dealkylation sites (tertiary alicyclic amines) is 1. The van der Waals surface area contributed by atoms with Gasteiger partial charge >= 0.3 is 0 Å². The van der Waals surface area contributed by atoms with Gasteiger partial charge in [-0.3, -0.25) is 14.4 Å². The molecule has 10 heteroatoms. The summed E-state index contributed by atoms with van der Waals surface area (Å²) < 4.78 is 31.9. The Morgan fingerprint density at radius 3 is 2.82 bits per heavy atom. The van der Waals surface area contributed by atoms with E-state index in [1.165, 1.54) is 24.7 Å². The zero-order chi connectivity index (χ0) is 29.2. The number of aryl methyl sites for hydroxylation is 1. The van der Waals surface area contributed by atoms with Crippen LogP contribution in [0.15, 0.2) is 61.7 Å². The maximum absolute atomic E-state index is 11.9. The van der Waals surface area contributed by atoms with E-state index in [9.17, 15) is 10.1 Å². The van der Waals surface area contributed by atoms with Gasteiger partial charge in [-0.2, -0.15) is 15.5 Å². The van der Waals surface area contributed by atoms with Crippen LogP contribution in [0.4, 0.5) is 5.69 Å². The van der Waals surface area contributed by atoms with Crippen LogP contribution in [-0.4, -0.2) is 86.5 Å². The fourth-order valence-corrected chi connectivity index (χ4v) is 5.94. The van der Waals surface area contributed by atoms with Gasteiger partial charge in [0.05, 0.1) is 35.2 Å². The zero-order valence-electron chi connectivity index (χ0n) is 24.2. The Morgan fingerprint density at radius 1 is 1.13 bits per heavy atom. The minimum absolute atomic E-state index is 0.0121. The van der Waals surface area contributed by atoms with Crippen LogP contribution in [0.3, 0.4) is 0 Å². The van der Waals surface area contributed by atoms with Crippen molar-refractivity contribution < 1.29 is 13.6 Å². The lowest BCUT2D eigenvalue weighted by atomic mass is 9.98. The summed E-state index contributed by atoms with van der Waals surface area (Å²) in [4.78, 5) is 18.5. The van der Waals surface area contributed by atoms with Crippen molar-refractivity contribution in [2.45, 2.75) is 12.1 Å². The number of benzene rings is 1. The molecule has 3 aromatic heterocycles. The van der Waals surface area contributed by atoms with Crippen LogP contribution in [0.1, 0.15) is 9.68 Å². The number of nitrogens with zero attached hydrogens (tertiary/aromatic N) is 8. The van der Waals surface area contributed by atoms with E-state index in [4.69, 9.17) is 8.85 Å². The Balaban J connectivity index is 1.18. The Labute approximate surface area is 230 Å². The molecule has 0 spiro atoms. The van der Waals surface area contributed by atoms with Gasteiger partial charge in [0.2, 0.25) is 5.91 Å². The molecule has 4 aromatic rings. The third-order valence-corrected chi connectivity index (χ3v) is 8.04. The second-order valence-corrected chi connectivity index (χ2v) is 10.2. The SMILES string of the molecule is [2H]C([2H])([2H])n1cc(-c2cc(-c3ccc4c(c3)OC[C@@H]3CN(C5CN(C(=O)C=C)C5)CCN43)c3c(C#N)cnn3c2)cn1. The zero-order valence-corrected chi connectivity index (χ0v) is 21.2. The lowest BCUT2D eigenvalue weighted by Gasteiger charge is -2.51. The van der Waals surface area contributed by atoms with Crippen molar-refractivity contribution in [2.75, 3.05) is 44.2 Å². The Bertz CT molecular complexity index is 1760. The van der Waals surface area contributed by atoms with Gasteiger partial charge in [0, 0.05) is 78.9 Å². The molecule has 3 aliphatic rings. The molecule has 0 saturated carbocycles. The number of hydrogen-bond donors (Lipinski definition) is 0. The molecule has 39 heavy (non-hydrogen) atoms. The molecule has 7 rings (SSSR count). The molecule has 0 aliphatic carbocycles. The summed E-state index contributed by atoms with van der Waals surface area (Å²) in [6.45, 7) is 5.87. The number of hydrogen-bond acceptors (Lipinski definition) is 7. The summed E-state index contributed by atoms with van der Waals surface area (Å²) in [6, 6.07) is 10.8. The maximum atomic E-state index is 11.9. The molecule has 2 saturated heterocycles. The molecule has 0 radical (unpaired) electrons. The Morgan fingerprint density at radius 2 is 2.03 bits per heavy atom. The molecule has 3 aliphatic heterocycles. The normalized spacial score (nSPS) is 20.6. The van der Waals surface area contributed by atoms with E-state index in [0.29, 0.717) is 29.3 Å². The first-order valence-electron chi connectivity index (χ1n) is 14.4. The average molecular weight is 524 g/mol. The second-order valence-electron chi connectivity index (χ2n) is 10.2. The van der Waals surface area contributed by atoms with Crippen molar-refractivity contribution in [1.29, 1.82) is 5.26 Å². The van der Waals surface area contributed by atoms with Crippen molar-refractivity contribution in [3.8, 4) is 34.1 Å². The van der Waals surface area contributed by atoms with Crippen molar-refractivity contribution in [3.63, 3.8) is 0 Å². The molecule has 0 unspecified atom stereocenters. The highest BCUT2D eigenvalue weighted by Gasteiger charge is 2.40. The number of nitriles is 1. The highest BCUT2D eigenvalue weighted by molar-refractivity contribution is 5.89. The quantitative estimate of drug-likeness (QED) is 0.380. The molecule has 0 N–H and O–H groups in total. The third kappa shape index (κ3) is 3.85. The molecule has 0 bridgehead atoms. The lowest BCUT2D eigenvalue weighted by molar-refractivity contribution is -0.133. The number of piperazine rings is 1. The summed E-state index contributed by atoms with van der Waals surface area (Å²) in [5, 5.41) is 18.2. The van der Waals surface area contributed by atoms with Gasteiger partial charge in [-0.25, -0.2) is 4.52 Å². The molecular weight excluding hydrogens is 492 g/mol. The van der Waals surface area contributed by atoms with Gasteiger partial charge in [0.15, 0.2) is 0 Å². The Kier molecular flexibility index (Phi) is 4.69. The third-order valence-electron chi connectivity index (χ3n) is 8.04. The van der Waals surface area contributed by atoms with Crippen LogP contribution < -0.4 is 9.64 Å². The summed E-state index contributed by atoms with van der Waals surface area (Å²) in [5.74, 6) is 0.766. The van der Waals surface area contributed by atoms with E-state index in [-0.39, 0.29) is 11.9 Å². The topological polar surface area (TPSA) is 94.9 Å². The van der Waals surface area contributed by atoms with Crippen molar-refractivity contribution in [2.24, 2.45) is 6.98 Å². The maximum Gasteiger partial charge on any atom is 0.246 e.